The Morgan fingerprint density at radius 1 is 0.710 bits per heavy atom. The van der Waals surface area contributed by atoms with E-state index in [9.17, 15) is 45.5 Å². The van der Waals surface area contributed by atoms with Crippen LogP contribution in [0.25, 0.3) is 0 Å². The van der Waals surface area contributed by atoms with Crippen LogP contribution in [0.1, 0.15) is 131 Å². The number of carbonyl (C=O) groups is 4. The molecule has 2 aromatic rings. The number of anilines is 2. The van der Waals surface area contributed by atoms with Gasteiger partial charge in [0.2, 0.25) is 0 Å². The van der Waals surface area contributed by atoms with Gasteiger partial charge in [-0.2, -0.15) is 26.3 Å². The lowest BCUT2D eigenvalue weighted by Crippen LogP contribution is -2.53. The minimum absolute atomic E-state index is 0.0426. The first-order valence-electron chi connectivity index (χ1n) is 20.8. The number of fused-ring (bicyclic) bond motifs is 2. The molecule has 2 aliphatic heterocycles. The fourth-order valence-electron chi connectivity index (χ4n) is 7.95. The molecule has 0 unspecified atom stereocenters. The van der Waals surface area contributed by atoms with E-state index in [1.807, 2.05) is 13.8 Å². The van der Waals surface area contributed by atoms with Crippen LogP contribution >= 0.6 is 0 Å². The first-order valence-corrected chi connectivity index (χ1v) is 20.8. The molecule has 0 radical (unpaired) electrons. The van der Waals surface area contributed by atoms with Crippen molar-refractivity contribution in [1.82, 2.24) is 4.90 Å². The molecule has 1 saturated carbocycles. The Labute approximate surface area is 359 Å². The van der Waals surface area contributed by atoms with Gasteiger partial charge in [-0.1, -0.05) is 19.3 Å². The summed E-state index contributed by atoms with van der Waals surface area (Å²) in [5, 5.41) is 0. The van der Waals surface area contributed by atoms with E-state index in [-0.39, 0.29) is 54.0 Å². The molecule has 62 heavy (non-hydrogen) atoms. The van der Waals surface area contributed by atoms with Crippen LogP contribution in [0.2, 0.25) is 0 Å². The van der Waals surface area contributed by atoms with Gasteiger partial charge in [-0.15, -0.1) is 0 Å². The second kappa shape index (κ2) is 20.3. The third-order valence-corrected chi connectivity index (χ3v) is 11.0. The van der Waals surface area contributed by atoms with Gasteiger partial charge < -0.3 is 38.4 Å². The predicted molar refractivity (Wildman–Crippen MR) is 219 cm³/mol. The molecule has 0 aromatic heterocycles. The zero-order chi connectivity index (χ0) is 46.4. The Morgan fingerprint density at radius 3 is 1.52 bits per heavy atom. The quantitative estimate of drug-likeness (QED) is 0.104. The molecule has 2 aromatic carbocycles. The number of nitrogens with zero attached hydrogens (tertiary/aromatic N) is 3. The van der Waals surface area contributed by atoms with E-state index in [0.29, 0.717) is 38.9 Å². The van der Waals surface area contributed by atoms with Crippen LogP contribution < -0.4 is 19.3 Å². The summed E-state index contributed by atoms with van der Waals surface area (Å²) in [6.45, 7) is 11.3. The molecular formula is C44H59F6N3O9. The summed E-state index contributed by atoms with van der Waals surface area (Å²) in [4.78, 5) is 55.9. The first-order chi connectivity index (χ1) is 28.9. The van der Waals surface area contributed by atoms with E-state index >= 15 is 0 Å². The number of esters is 1. The van der Waals surface area contributed by atoms with Gasteiger partial charge in [0.05, 0.1) is 40.7 Å². The predicted octanol–water partition coefficient (Wildman–Crippen LogP) is 9.24. The summed E-state index contributed by atoms with van der Waals surface area (Å²) in [7, 11) is 4.14. The number of alkyl halides is 6. The number of halogens is 6. The molecule has 3 amide bonds. The first kappa shape index (κ1) is 50.1. The SMILES string of the molecule is COCCCCN1C(=O)C(C)(C)Oc2cc(C(F)(F)F)c(C(=O)N(C(C)C)C3CCCCC3)cc21.COCCCCN1C(=O)C(C)(C)Oc2cc(C(F)(F)F)c(C(=O)OC)cc21. The van der Waals surface area contributed by atoms with Gasteiger partial charge in [0.1, 0.15) is 11.5 Å². The second-order valence-corrected chi connectivity index (χ2v) is 16.9. The summed E-state index contributed by atoms with van der Waals surface area (Å²) in [6, 6.07) is 3.49. The average Bonchev–Trinajstić information content (AvgIpc) is 3.19. The molecule has 3 aliphatic rings. The van der Waals surface area contributed by atoms with E-state index < -0.39 is 63.6 Å². The third kappa shape index (κ3) is 11.5. The maximum atomic E-state index is 14.2. The van der Waals surface area contributed by atoms with Crippen LogP contribution in [0.15, 0.2) is 24.3 Å². The van der Waals surface area contributed by atoms with E-state index in [4.69, 9.17) is 18.9 Å². The molecule has 1 aliphatic carbocycles. The molecule has 0 bridgehead atoms. The maximum Gasteiger partial charge on any atom is 0.417 e. The van der Waals surface area contributed by atoms with Crippen molar-refractivity contribution in [1.29, 1.82) is 0 Å². The van der Waals surface area contributed by atoms with Crippen LogP contribution in [-0.4, -0.2) is 99.5 Å². The van der Waals surface area contributed by atoms with Crippen LogP contribution in [-0.2, 0) is 36.2 Å². The van der Waals surface area contributed by atoms with Crippen molar-refractivity contribution < 1.29 is 69.2 Å². The van der Waals surface area contributed by atoms with Crippen LogP contribution in [0.4, 0.5) is 37.7 Å². The Kier molecular flexibility index (Phi) is 16.4. The highest BCUT2D eigenvalue weighted by Gasteiger charge is 2.47. The molecule has 0 N–H and O–H groups in total. The van der Waals surface area contributed by atoms with E-state index in [0.717, 1.165) is 57.4 Å². The maximum absolute atomic E-state index is 14.2. The Morgan fingerprint density at radius 2 is 1.13 bits per heavy atom. The fraction of sp³-hybridized carbons (Fsp3) is 0.636. The largest absolute Gasteiger partial charge is 0.476 e. The number of hydrogen-bond donors (Lipinski definition) is 0. The van der Waals surface area contributed by atoms with Crippen molar-refractivity contribution in [2.45, 2.75) is 135 Å². The van der Waals surface area contributed by atoms with Crippen LogP contribution in [0, 0.1) is 0 Å². The summed E-state index contributed by atoms with van der Waals surface area (Å²) in [6.07, 6.45) is -2.50. The highest BCUT2D eigenvalue weighted by molar-refractivity contribution is 6.06. The highest BCUT2D eigenvalue weighted by atomic mass is 19.4. The van der Waals surface area contributed by atoms with Crippen LogP contribution in [0.3, 0.4) is 0 Å². The third-order valence-electron chi connectivity index (χ3n) is 11.0. The molecule has 0 spiro atoms. The smallest absolute Gasteiger partial charge is 0.417 e. The van der Waals surface area contributed by atoms with Crippen LogP contribution in [0.5, 0.6) is 11.5 Å². The number of carbonyl (C=O) groups excluding carboxylic acids is 4. The number of benzene rings is 2. The fourth-order valence-corrected chi connectivity index (χ4v) is 7.95. The van der Waals surface area contributed by atoms with Gasteiger partial charge in [0.15, 0.2) is 11.2 Å². The van der Waals surface area contributed by atoms with Crippen molar-refractivity contribution in [3.63, 3.8) is 0 Å². The van der Waals surface area contributed by atoms with Gasteiger partial charge in [0, 0.05) is 52.6 Å². The number of rotatable bonds is 14. The standard InChI is InChI=1S/C26H37F3N2O4.C18H22F3NO5/c1-17(2)31(18-11-7-6-8-12-18)23(32)19-15-21-22(16-20(19)26(27,28)29)35-25(3,4)24(33)30(21)13-9-10-14-34-5;1-17(2)16(24)22(7-5-6-8-25-3)13-9-11(15(23)26-4)12(18(19,20)21)10-14(13)27-17/h15-18H,6-14H2,1-5H3;9-10H,5-8H2,1-4H3. The zero-order valence-electron chi connectivity index (χ0n) is 36.9. The molecule has 12 nitrogen and oxygen atoms in total. The molecule has 0 saturated heterocycles. The number of hydrogen-bond acceptors (Lipinski definition) is 9. The van der Waals surface area contributed by atoms with Crippen molar-refractivity contribution in [2.24, 2.45) is 0 Å². The summed E-state index contributed by atoms with van der Waals surface area (Å²) in [5.74, 6) is -2.69. The van der Waals surface area contributed by atoms with Gasteiger partial charge in [0.25, 0.3) is 17.7 Å². The molecule has 5 rings (SSSR count). The lowest BCUT2D eigenvalue weighted by atomic mass is 9.92. The molecule has 18 heteroatoms. The monoisotopic (exact) mass is 887 g/mol. The highest BCUT2D eigenvalue weighted by Crippen LogP contribution is 2.46. The van der Waals surface area contributed by atoms with Crippen molar-refractivity contribution in [3.8, 4) is 11.5 Å². The molecule has 2 heterocycles. The molecule has 346 valence electrons. The van der Waals surface area contributed by atoms with Gasteiger partial charge in [-0.05, 0) is 104 Å². The lowest BCUT2D eigenvalue weighted by Gasteiger charge is -2.40. The number of amides is 3. The topological polar surface area (TPSA) is 124 Å². The zero-order valence-corrected chi connectivity index (χ0v) is 36.9. The molecule has 0 atom stereocenters. The summed E-state index contributed by atoms with van der Waals surface area (Å²) < 4.78 is 109. The van der Waals surface area contributed by atoms with E-state index in [2.05, 4.69) is 4.74 Å². The van der Waals surface area contributed by atoms with E-state index in [1.165, 1.54) is 43.6 Å². The molecular weight excluding hydrogens is 828 g/mol. The minimum Gasteiger partial charge on any atom is -0.476 e. The Balaban J connectivity index is 0.000000282. The minimum atomic E-state index is -4.78. The normalized spacial score (nSPS) is 17.4. The average molecular weight is 888 g/mol. The van der Waals surface area contributed by atoms with Crippen molar-refractivity contribution >= 4 is 35.1 Å². The van der Waals surface area contributed by atoms with E-state index in [1.54, 1.807) is 19.1 Å². The summed E-state index contributed by atoms with van der Waals surface area (Å²) >= 11 is 0. The van der Waals surface area contributed by atoms with Crippen molar-refractivity contribution in [3.05, 3.63) is 46.5 Å². The number of methoxy groups -OCH3 is 3. The van der Waals surface area contributed by atoms with Gasteiger partial charge in [-0.3, -0.25) is 14.4 Å². The number of ether oxygens (including phenoxy) is 5. The Hall–Kier alpha value is -4.58. The van der Waals surface area contributed by atoms with Gasteiger partial charge >= 0.3 is 18.3 Å². The molecule has 1 fully saturated rings. The lowest BCUT2D eigenvalue weighted by molar-refractivity contribution is -0.139. The van der Waals surface area contributed by atoms with Gasteiger partial charge in [-0.25, -0.2) is 4.79 Å². The Bertz CT molecular complexity index is 1930. The summed E-state index contributed by atoms with van der Waals surface area (Å²) in [5.41, 5.74) is -5.64. The second-order valence-electron chi connectivity index (χ2n) is 16.9. The van der Waals surface area contributed by atoms with Crippen molar-refractivity contribution in [2.75, 3.05) is 57.4 Å². The number of unbranched alkanes of at least 4 members (excludes halogenated alkanes) is 2.